The van der Waals surface area contributed by atoms with Gasteiger partial charge < -0.3 is 9.47 Å². The Bertz CT molecular complexity index is 1050. The van der Waals surface area contributed by atoms with Crippen LogP contribution in [0.15, 0.2) is 36.4 Å². The molecule has 1 fully saturated rings. The van der Waals surface area contributed by atoms with Gasteiger partial charge in [0.2, 0.25) is 0 Å². The summed E-state index contributed by atoms with van der Waals surface area (Å²) in [5.41, 5.74) is 3.95. The van der Waals surface area contributed by atoms with Crippen molar-refractivity contribution in [1.29, 1.82) is 0 Å². The van der Waals surface area contributed by atoms with E-state index in [1.54, 1.807) is 11.3 Å². The first-order valence-electron chi connectivity index (χ1n) is 11.7. The van der Waals surface area contributed by atoms with Gasteiger partial charge in [-0.05, 0) is 69.5 Å². The third kappa shape index (κ3) is 5.72. The van der Waals surface area contributed by atoms with Gasteiger partial charge in [-0.15, -0.1) is 0 Å². The van der Waals surface area contributed by atoms with Crippen LogP contribution in [0.5, 0.6) is 5.75 Å². The molecule has 0 atom stereocenters. The van der Waals surface area contributed by atoms with Gasteiger partial charge in [0, 0.05) is 31.7 Å². The van der Waals surface area contributed by atoms with Crippen LogP contribution in [0.4, 0.5) is 5.13 Å². The van der Waals surface area contributed by atoms with E-state index in [1.165, 1.54) is 5.56 Å². The summed E-state index contributed by atoms with van der Waals surface area (Å²) in [5, 5.41) is 0.761. The molecule has 33 heavy (non-hydrogen) atoms. The summed E-state index contributed by atoms with van der Waals surface area (Å²) in [4.78, 5) is 22.8. The minimum Gasteiger partial charge on any atom is -0.491 e. The lowest BCUT2D eigenvalue weighted by Gasteiger charge is -2.27. The Labute approximate surface area is 200 Å². The summed E-state index contributed by atoms with van der Waals surface area (Å²) < 4.78 is 12.3. The van der Waals surface area contributed by atoms with Crippen LogP contribution < -0.4 is 9.64 Å². The van der Waals surface area contributed by atoms with E-state index in [1.807, 2.05) is 43.0 Å². The van der Waals surface area contributed by atoms with Crippen LogP contribution in [-0.2, 0) is 4.74 Å². The quantitative estimate of drug-likeness (QED) is 0.463. The third-order valence-corrected chi connectivity index (χ3v) is 7.05. The van der Waals surface area contributed by atoms with Gasteiger partial charge in [-0.25, -0.2) is 4.98 Å². The maximum Gasteiger partial charge on any atom is 0.260 e. The van der Waals surface area contributed by atoms with E-state index in [0.717, 1.165) is 65.9 Å². The number of fused-ring (bicyclic) bond motifs is 1. The van der Waals surface area contributed by atoms with Crippen molar-refractivity contribution in [3.8, 4) is 5.75 Å². The van der Waals surface area contributed by atoms with Crippen molar-refractivity contribution in [2.24, 2.45) is 0 Å². The van der Waals surface area contributed by atoms with E-state index >= 15 is 0 Å². The Balaban J connectivity index is 1.58. The average Bonchev–Trinajstić information content (AvgIpc) is 3.26. The monoisotopic (exact) mass is 467 g/mol. The molecule has 0 aliphatic carbocycles. The molecule has 0 saturated carbocycles. The molecule has 0 spiro atoms. The van der Waals surface area contributed by atoms with Crippen LogP contribution >= 0.6 is 11.3 Å². The SMILES string of the molecule is Cc1ccc(C)c2sc(N(CCCN3CCOCC3)C(=O)c3ccc(OC(C)C)cc3)nc12. The van der Waals surface area contributed by atoms with Crippen LogP contribution in [0.2, 0.25) is 0 Å². The first-order valence-corrected chi connectivity index (χ1v) is 12.5. The molecule has 0 N–H and O–H groups in total. The molecule has 2 aromatic carbocycles. The standard InChI is InChI=1S/C26H33N3O3S/c1-18(2)32-22-10-8-21(9-11-22)25(30)29(13-5-12-28-14-16-31-17-15-28)26-27-23-19(3)6-7-20(4)24(23)33-26/h6-11,18H,5,12-17H2,1-4H3. The maximum absolute atomic E-state index is 13.6. The highest BCUT2D eigenvalue weighted by atomic mass is 32.1. The lowest BCUT2D eigenvalue weighted by Crippen LogP contribution is -2.39. The van der Waals surface area contributed by atoms with E-state index in [0.29, 0.717) is 12.1 Å². The van der Waals surface area contributed by atoms with Gasteiger partial charge in [0.15, 0.2) is 5.13 Å². The van der Waals surface area contributed by atoms with Gasteiger partial charge in [-0.1, -0.05) is 23.5 Å². The summed E-state index contributed by atoms with van der Waals surface area (Å²) in [5.74, 6) is 0.745. The van der Waals surface area contributed by atoms with Crippen molar-refractivity contribution < 1.29 is 14.3 Å². The van der Waals surface area contributed by atoms with Crippen molar-refractivity contribution in [2.75, 3.05) is 44.3 Å². The molecule has 4 rings (SSSR count). The second kappa shape index (κ2) is 10.6. The number of morpholine rings is 1. The lowest BCUT2D eigenvalue weighted by molar-refractivity contribution is 0.0376. The zero-order chi connectivity index (χ0) is 23.4. The molecular formula is C26H33N3O3S. The lowest BCUT2D eigenvalue weighted by atomic mass is 10.1. The number of aryl methyl sites for hydroxylation is 2. The topological polar surface area (TPSA) is 54.9 Å². The Morgan fingerprint density at radius 1 is 1.12 bits per heavy atom. The summed E-state index contributed by atoms with van der Waals surface area (Å²) in [6.45, 7) is 13.2. The number of anilines is 1. The summed E-state index contributed by atoms with van der Waals surface area (Å²) in [6, 6.07) is 11.6. The zero-order valence-electron chi connectivity index (χ0n) is 20.0. The molecule has 1 saturated heterocycles. The highest BCUT2D eigenvalue weighted by Crippen LogP contribution is 2.34. The van der Waals surface area contributed by atoms with Crippen LogP contribution in [0.1, 0.15) is 41.8 Å². The number of thiazole rings is 1. The van der Waals surface area contributed by atoms with Crippen molar-refractivity contribution in [2.45, 2.75) is 40.2 Å². The molecule has 1 aliphatic heterocycles. The molecule has 1 aromatic heterocycles. The van der Waals surface area contributed by atoms with Gasteiger partial charge in [-0.3, -0.25) is 14.6 Å². The minimum absolute atomic E-state index is 0.0255. The number of amides is 1. The van der Waals surface area contributed by atoms with Crippen LogP contribution in [0.3, 0.4) is 0 Å². The van der Waals surface area contributed by atoms with E-state index in [-0.39, 0.29) is 12.0 Å². The van der Waals surface area contributed by atoms with Crippen LogP contribution in [-0.4, -0.2) is 61.3 Å². The molecule has 7 heteroatoms. The van der Waals surface area contributed by atoms with Crippen LogP contribution in [0, 0.1) is 13.8 Å². The molecule has 176 valence electrons. The fraction of sp³-hybridized carbons (Fsp3) is 0.462. The van der Waals surface area contributed by atoms with Crippen molar-refractivity contribution in [3.05, 3.63) is 53.1 Å². The number of rotatable bonds is 8. The summed E-state index contributed by atoms with van der Waals surface area (Å²) >= 11 is 1.60. The molecule has 3 aromatic rings. The van der Waals surface area contributed by atoms with E-state index < -0.39 is 0 Å². The predicted octanol–water partition coefficient (Wildman–Crippen LogP) is 5.07. The Kier molecular flexibility index (Phi) is 7.63. The first-order chi connectivity index (χ1) is 15.9. The van der Waals surface area contributed by atoms with Crippen molar-refractivity contribution >= 4 is 32.6 Å². The van der Waals surface area contributed by atoms with E-state index in [9.17, 15) is 4.79 Å². The number of carbonyl (C=O) groups excluding carboxylic acids is 1. The Morgan fingerprint density at radius 2 is 1.82 bits per heavy atom. The second-order valence-corrected chi connectivity index (χ2v) is 9.81. The van der Waals surface area contributed by atoms with Crippen molar-refractivity contribution in [3.63, 3.8) is 0 Å². The Morgan fingerprint density at radius 3 is 2.48 bits per heavy atom. The second-order valence-electron chi connectivity index (χ2n) is 8.83. The molecule has 0 unspecified atom stereocenters. The van der Waals surface area contributed by atoms with Crippen LogP contribution in [0.25, 0.3) is 10.2 Å². The summed E-state index contributed by atoms with van der Waals surface area (Å²) in [7, 11) is 0. The fourth-order valence-corrected chi connectivity index (χ4v) is 5.17. The highest BCUT2D eigenvalue weighted by Gasteiger charge is 2.23. The molecule has 1 amide bonds. The smallest absolute Gasteiger partial charge is 0.260 e. The molecular weight excluding hydrogens is 434 g/mol. The number of carbonyl (C=O) groups is 1. The van der Waals surface area contributed by atoms with Gasteiger partial charge >= 0.3 is 0 Å². The molecule has 0 radical (unpaired) electrons. The normalized spacial score (nSPS) is 14.7. The zero-order valence-corrected chi connectivity index (χ0v) is 20.8. The summed E-state index contributed by atoms with van der Waals surface area (Å²) in [6.07, 6.45) is 0.978. The highest BCUT2D eigenvalue weighted by molar-refractivity contribution is 7.22. The molecule has 2 heterocycles. The van der Waals surface area contributed by atoms with Gasteiger partial charge in [-0.2, -0.15) is 0 Å². The molecule has 0 bridgehead atoms. The minimum atomic E-state index is -0.0255. The average molecular weight is 468 g/mol. The third-order valence-electron chi connectivity index (χ3n) is 5.84. The molecule has 6 nitrogen and oxygen atoms in total. The van der Waals surface area contributed by atoms with Gasteiger partial charge in [0.1, 0.15) is 5.75 Å². The number of aromatic nitrogens is 1. The van der Waals surface area contributed by atoms with Crippen molar-refractivity contribution in [1.82, 2.24) is 9.88 Å². The fourth-order valence-electron chi connectivity index (χ4n) is 4.03. The number of ether oxygens (including phenoxy) is 2. The number of hydrogen-bond donors (Lipinski definition) is 0. The van der Waals surface area contributed by atoms with E-state index in [2.05, 4.69) is 30.9 Å². The largest absolute Gasteiger partial charge is 0.491 e. The number of nitrogens with zero attached hydrogens (tertiary/aromatic N) is 3. The number of hydrogen-bond acceptors (Lipinski definition) is 6. The predicted molar refractivity (Wildman–Crippen MR) is 135 cm³/mol. The molecule has 1 aliphatic rings. The van der Waals surface area contributed by atoms with Gasteiger partial charge in [0.05, 0.1) is 29.5 Å². The van der Waals surface area contributed by atoms with E-state index in [4.69, 9.17) is 14.5 Å². The number of benzene rings is 2. The Hall–Kier alpha value is -2.48. The maximum atomic E-state index is 13.6. The first kappa shape index (κ1) is 23.7. The van der Waals surface area contributed by atoms with Gasteiger partial charge in [0.25, 0.3) is 5.91 Å².